The fourth-order valence-electron chi connectivity index (χ4n) is 3.50. The molecule has 8 heteroatoms. The van der Waals surface area contributed by atoms with Crippen molar-refractivity contribution in [3.8, 4) is 11.5 Å². The Morgan fingerprint density at radius 3 is 1.60 bits per heavy atom. The maximum atomic E-state index is 11.0. The zero-order valence-corrected chi connectivity index (χ0v) is 23.9. The number of carbonyl (C=O) groups is 1. The average Bonchev–Trinajstić information content (AvgIpc) is 3.03. The van der Waals surface area contributed by atoms with Crippen LogP contribution in [0.2, 0.25) is 0 Å². The Hall–Kier alpha value is -4.69. The lowest BCUT2D eigenvalue weighted by molar-refractivity contribution is -0.137. The quantitative estimate of drug-likeness (QED) is 0.0352. The summed E-state index contributed by atoms with van der Waals surface area (Å²) < 4.78 is 26.6. The molecule has 0 aliphatic carbocycles. The third kappa shape index (κ3) is 13.1. The summed E-state index contributed by atoms with van der Waals surface area (Å²) in [5, 5.41) is 0. The van der Waals surface area contributed by atoms with Crippen molar-refractivity contribution in [2.45, 2.75) is 25.7 Å². The standard InChI is InChI=1S/C34H38N2O6/c1-3-34(37)42-24-8-7-23-41-33-19-15-31(16-20-33)36-26-29-11-9-28(10-12-29)25-35-30-13-17-32(18-14-30)40-22-6-5-21-39-27-38-4-2/h3-4,9-20,25-26H,1-2,5-8,21-24,27H2. The van der Waals surface area contributed by atoms with Crippen molar-refractivity contribution < 1.29 is 28.5 Å². The molecule has 0 spiro atoms. The summed E-state index contributed by atoms with van der Waals surface area (Å²) in [7, 11) is 0. The second-order valence-corrected chi connectivity index (χ2v) is 9.01. The van der Waals surface area contributed by atoms with Crippen molar-refractivity contribution in [3.63, 3.8) is 0 Å². The molecule has 0 aromatic heterocycles. The lowest BCUT2D eigenvalue weighted by Crippen LogP contribution is -2.04. The molecule has 0 fully saturated rings. The van der Waals surface area contributed by atoms with E-state index in [2.05, 4.69) is 23.1 Å². The number of carbonyl (C=O) groups excluding carboxylic acids is 1. The van der Waals surface area contributed by atoms with Gasteiger partial charge in [0.1, 0.15) is 11.5 Å². The highest BCUT2D eigenvalue weighted by Crippen LogP contribution is 2.20. The molecule has 0 unspecified atom stereocenters. The first-order valence-corrected chi connectivity index (χ1v) is 13.9. The molecule has 42 heavy (non-hydrogen) atoms. The highest BCUT2D eigenvalue weighted by atomic mass is 16.7. The van der Waals surface area contributed by atoms with Crippen LogP contribution in [0.15, 0.2) is 108 Å². The van der Waals surface area contributed by atoms with Crippen molar-refractivity contribution in [1.82, 2.24) is 0 Å². The number of hydrogen-bond acceptors (Lipinski definition) is 8. The van der Waals surface area contributed by atoms with Crippen LogP contribution >= 0.6 is 0 Å². The van der Waals surface area contributed by atoms with Crippen LogP contribution in [0.1, 0.15) is 36.8 Å². The third-order valence-corrected chi connectivity index (χ3v) is 5.77. The molecule has 0 atom stereocenters. The first-order valence-electron chi connectivity index (χ1n) is 13.9. The lowest BCUT2D eigenvalue weighted by Gasteiger charge is -2.07. The highest BCUT2D eigenvalue weighted by molar-refractivity contribution is 5.86. The van der Waals surface area contributed by atoms with Gasteiger partial charge in [0.15, 0.2) is 6.79 Å². The molecule has 8 nitrogen and oxygen atoms in total. The van der Waals surface area contributed by atoms with Crippen LogP contribution in [-0.4, -0.2) is 51.6 Å². The Morgan fingerprint density at radius 1 is 0.643 bits per heavy atom. The first kappa shape index (κ1) is 31.8. The third-order valence-electron chi connectivity index (χ3n) is 5.77. The predicted octanol–water partition coefficient (Wildman–Crippen LogP) is 7.37. The largest absolute Gasteiger partial charge is 0.494 e. The zero-order chi connectivity index (χ0) is 29.7. The lowest BCUT2D eigenvalue weighted by atomic mass is 10.1. The molecule has 0 N–H and O–H groups in total. The average molecular weight is 571 g/mol. The van der Waals surface area contributed by atoms with E-state index in [1.807, 2.05) is 85.2 Å². The second-order valence-electron chi connectivity index (χ2n) is 9.01. The summed E-state index contributed by atoms with van der Waals surface area (Å²) in [5.74, 6) is 1.19. The van der Waals surface area contributed by atoms with E-state index in [0.717, 1.165) is 65.8 Å². The van der Waals surface area contributed by atoms with Crippen molar-refractivity contribution in [3.05, 3.63) is 109 Å². The van der Waals surface area contributed by atoms with Gasteiger partial charge in [-0.25, -0.2) is 4.79 Å². The van der Waals surface area contributed by atoms with Gasteiger partial charge in [-0.15, -0.1) is 0 Å². The van der Waals surface area contributed by atoms with Crippen molar-refractivity contribution in [2.75, 3.05) is 33.2 Å². The van der Waals surface area contributed by atoms with Gasteiger partial charge in [0.05, 0.1) is 44.1 Å². The minimum Gasteiger partial charge on any atom is -0.494 e. The molecule has 0 aliphatic heterocycles. The van der Waals surface area contributed by atoms with Gasteiger partial charge in [0.2, 0.25) is 0 Å². The molecule has 3 aromatic carbocycles. The SMILES string of the molecule is C=COCOCCCCOc1ccc(N=Cc2ccc(C=Nc3ccc(OCCCCOC(=O)C=C)cc3)cc2)cc1. The normalized spacial score (nSPS) is 11.0. The Morgan fingerprint density at radius 2 is 1.12 bits per heavy atom. The molecule has 0 heterocycles. The van der Waals surface area contributed by atoms with Crippen molar-refractivity contribution in [1.29, 1.82) is 0 Å². The minimum absolute atomic E-state index is 0.236. The summed E-state index contributed by atoms with van der Waals surface area (Å²) in [6.07, 6.45) is 9.51. The summed E-state index contributed by atoms with van der Waals surface area (Å²) in [6, 6.07) is 23.3. The molecule has 0 bridgehead atoms. The number of hydrogen-bond donors (Lipinski definition) is 0. The molecule has 3 aromatic rings. The van der Waals surface area contributed by atoms with Gasteiger partial charge < -0.3 is 23.7 Å². The van der Waals surface area contributed by atoms with E-state index in [-0.39, 0.29) is 6.79 Å². The Labute approximate surface area is 248 Å². The molecule has 0 aliphatic rings. The van der Waals surface area contributed by atoms with Crippen LogP contribution in [0.4, 0.5) is 11.4 Å². The molecule has 0 saturated heterocycles. The van der Waals surface area contributed by atoms with E-state index in [4.69, 9.17) is 23.7 Å². The van der Waals surface area contributed by atoms with Gasteiger partial charge in [-0.3, -0.25) is 9.98 Å². The van der Waals surface area contributed by atoms with E-state index in [1.165, 1.54) is 6.26 Å². The Kier molecular flexibility index (Phi) is 14.7. The van der Waals surface area contributed by atoms with Crippen molar-refractivity contribution >= 4 is 29.8 Å². The molecular weight excluding hydrogens is 532 g/mol. The fraction of sp³-hybridized carbons (Fsp3) is 0.265. The van der Waals surface area contributed by atoms with Gasteiger partial charge >= 0.3 is 5.97 Å². The Balaban J connectivity index is 1.35. The van der Waals surface area contributed by atoms with E-state index >= 15 is 0 Å². The van der Waals surface area contributed by atoms with E-state index < -0.39 is 5.97 Å². The number of rotatable bonds is 20. The zero-order valence-electron chi connectivity index (χ0n) is 23.9. The highest BCUT2D eigenvalue weighted by Gasteiger charge is 1.99. The number of unbranched alkanes of at least 4 members (excludes halogenated alkanes) is 2. The van der Waals surface area contributed by atoms with Gasteiger partial charge in [-0.2, -0.15) is 0 Å². The molecule has 0 amide bonds. The van der Waals surface area contributed by atoms with E-state index in [1.54, 1.807) is 0 Å². The molecule has 0 saturated carbocycles. The summed E-state index contributed by atoms with van der Waals surface area (Å²) >= 11 is 0. The number of aliphatic imine (C=N–C) groups is 2. The predicted molar refractivity (Wildman–Crippen MR) is 167 cm³/mol. The van der Waals surface area contributed by atoms with Crippen molar-refractivity contribution in [2.24, 2.45) is 9.98 Å². The monoisotopic (exact) mass is 570 g/mol. The minimum atomic E-state index is -0.401. The summed E-state index contributed by atoms with van der Waals surface area (Å²) in [5.41, 5.74) is 3.67. The summed E-state index contributed by atoms with van der Waals surface area (Å²) in [4.78, 5) is 20.1. The summed E-state index contributed by atoms with van der Waals surface area (Å²) in [6.45, 7) is 9.24. The number of nitrogens with zero attached hydrogens (tertiary/aromatic N) is 2. The topological polar surface area (TPSA) is 87.9 Å². The molecule has 3 rings (SSSR count). The maximum absolute atomic E-state index is 11.0. The van der Waals surface area contributed by atoms with Gasteiger partial charge in [-0.05, 0) is 85.3 Å². The number of esters is 1. The van der Waals surface area contributed by atoms with Crippen LogP contribution in [0.5, 0.6) is 11.5 Å². The van der Waals surface area contributed by atoms with Gasteiger partial charge in [0, 0.05) is 18.5 Å². The molecule has 0 radical (unpaired) electrons. The number of benzene rings is 3. The van der Waals surface area contributed by atoms with Gasteiger partial charge in [0.25, 0.3) is 0 Å². The van der Waals surface area contributed by atoms with Crippen LogP contribution in [0, 0.1) is 0 Å². The van der Waals surface area contributed by atoms with Crippen LogP contribution < -0.4 is 9.47 Å². The molecule has 220 valence electrons. The van der Waals surface area contributed by atoms with E-state index in [0.29, 0.717) is 26.4 Å². The second kappa shape index (κ2) is 19.4. The molecular formula is C34H38N2O6. The smallest absolute Gasteiger partial charge is 0.330 e. The first-order chi connectivity index (χ1) is 20.7. The van der Waals surface area contributed by atoms with Crippen LogP contribution in [0.3, 0.4) is 0 Å². The Bertz CT molecular complexity index is 1270. The number of ether oxygens (including phenoxy) is 5. The fourth-order valence-corrected chi connectivity index (χ4v) is 3.50. The maximum Gasteiger partial charge on any atom is 0.330 e. The van der Waals surface area contributed by atoms with Crippen LogP contribution in [0.25, 0.3) is 0 Å². The van der Waals surface area contributed by atoms with E-state index in [9.17, 15) is 4.79 Å². The van der Waals surface area contributed by atoms with Gasteiger partial charge in [-0.1, -0.05) is 37.4 Å². The van der Waals surface area contributed by atoms with Crippen LogP contribution in [-0.2, 0) is 19.0 Å².